The average Bonchev–Trinajstić information content (AvgIpc) is 2.54. The zero-order valence-corrected chi connectivity index (χ0v) is 13.4. The monoisotopic (exact) mass is 337 g/mol. The lowest BCUT2D eigenvalue weighted by molar-refractivity contribution is -0.107. The van der Waals surface area contributed by atoms with Crippen LogP contribution >= 0.6 is 0 Å². The minimum Gasteiger partial charge on any atom is -0.434 e. The Balaban J connectivity index is 2.68. The molecule has 6 heteroatoms. The third-order valence-electron chi connectivity index (χ3n) is 3.72. The molecule has 0 fully saturated rings. The van der Waals surface area contributed by atoms with E-state index in [4.69, 9.17) is 0 Å². The molecule has 0 amide bonds. The van der Waals surface area contributed by atoms with Gasteiger partial charge >= 0.3 is 6.61 Å². The molecule has 0 aliphatic carbocycles. The fourth-order valence-corrected chi connectivity index (χ4v) is 2.73. The molecule has 0 aromatic heterocycles. The van der Waals surface area contributed by atoms with Crippen molar-refractivity contribution in [2.45, 2.75) is 26.4 Å². The Morgan fingerprint density at radius 1 is 1.25 bits per heavy atom. The van der Waals surface area contributed by atoms with Crippen molar-refractivity contribution in [3.8, 4) is 16.9 Å². The zero-order chi connectivity index (χ0) is 17.7. The van der Waals surface area contributed by atoms with Crippen LogP contribution in [0.3, 0.4) is 0 Å². The maximum Gasteiger partial charge on any atom is 0.387 e. The molecule has 24 heavy (non-hydrogen) atoms. The summed E-state index contributed by atoms with van der Waals surface area (Å²) in [5, 5.41) is 2.72. The van der Waals surface area contributed by atoms with Crippen molar-refractivity contribution in [2.24, 2.45) is 0 Å². The van der Waals surface area contributed by atoms with Gasteiger partial charge in [0.2, 0.25) is 0 Å². The van der Waals surface area contributed by atoms with Crippen LogP contribution in [0.15, 0.2) is 30.3 Å². The van der Waals surface area contributed by atoms with Crippen molar-refractivity contribution < 1.29 is 22.7 Å². The van der Waals surface area contributed by atoms with Crippen molar-refractivity contribution in [3.05, 3.63) is 47.3 Å². The van der Waals surface area contributed by atoms with E-state index in [9.17, 15) is 18.0 Å². The van der Waals surface area contributed by atoms with Crippen LogP contribution < -0.4 is 10.1 Å². The van der Waals surface area contributed by atoms with Gasteiger partial charge in [0, 0.05) is 19.0 Å². The molecular weight excluding hydrogens is 319 g/mol. The molecule has 2 aromatic rings. The molecule has 0 radical (unpaired) electrons. The SMILES string of the molecule is CCc1cccc(OC(F)F)c1-c1cc(F)c(NC)c(CC=O)c1. The number of carbonyl (C=O) groups excluding carboxylic acids is 1. The summed E-state index contributed by atoms with van der Waals surface area (Å²) >= 11 is 0. The van der Waals surface area contributed by atoms with Crippen molar-refractivity contribution in [3.63, 3.8) is 0 Å². The van der Waals surface area contributed by atoms with Crippen LogP contribution in [0.4, 0.5) is 18.9 Å². The van der Waals surface area contributed by atoms with E-state index in [1.54, 1.807) is 25.2 Å². The highest BCUT2D eigenvalue weighted by Gasteiger charge is 2.18. The second-order valence-corrected chi connectivity index (χ2v) is 5.14. The normalized spacial score (nSPS) is 10.8. The Bertz CT molecular complexity index is 732. The summed E-state index contributed by atoms with van der Waals surface area (Å²) in [5.41, 5.74) is 2.24. The number of rotatable bonds is 7. The number of anilines is 1. The van der Waals surface area contributed by atoms with Gasteiger partial charge < -0.3 is 14.8 Å². The molecule has 0 spiro atoms. The van der Waals surface area contributed by atoms with Gasteiger partial charge in [-0.3, -0.25) is 0 Å². The van der Waals surface area contributed by atoms with E-state index in [0.29, 0.717) is 29.4 Å². The summed E-state index contributed by atoms with van der Waals surface area (Å²) in [4.78, 5) is 10.9. The van der Waals surface area contributed by atoms with Crippen molar-refractivity contribution in [1.82, 2.24) is 0 Å². The van der Waals surface area contributed by atoms with E-state index in [2.05, 4.69) is 10.1 Å². The van der Waals surface area contributed by atoms with E-state index in [1.807, 2.05) is 6.92 Å². The smallest absolute Gasteiger partial charge is 0.387 e. The molecule has 0 atom stereocenters. The number of hydrogen-bond acceptors (Lipinski definition) is 3. The molecule has 0 saturated heterocycles. The van der Waals surface area contributed by atoms with Crippen LogP contribution in [0.5, 0.6) is 5.75 Å². The number of carbonyl (C=O) groups is 1. The summed E-state index contributed by atoms with van der Waals surface area (Å²) in [6.45, 7) is -1.11. The summed E-state index contributed by atoms with van der Waals surface area (Å²) in [5.74, 6) is -0.571. The molecule has 3 nitrogen and oxygen atoms in total. The van der Waals surface area contributed by atoms with Crippen molar-refractivity contribution in [1.29, 1.82) is 0 Å². The maximum atomic E-state index is 14.4. The number of nitrogens with one attached hydrogen (secondary N) is 1. The maximum absolute atomic E-state index is 14.4. The highest BCUT2D eigenvalue weighted by atomic mass is 19.3. The minimum atomic E-state index is -2.98. The van der Waals surface area contributed by atoms with Crippen LogP contribution in [0, 0.1) is 5.82 Å². The van der Waals surface area contributed by atoms with Gasteiger partial charge in [-0.05, 0) is 41.3 Å². The molecule has 0 aliphatic rings. The van der Waals surface area contributed by atoms with Gasteiger partial charge in [0.1, 0.15) is 17.9 Å². The number of benzene rings is 2. The minimum absolute atomic E-state index is 0.0141. The molecule has 0 aliphatic heterocycles. The Morgan fingerprint density at radius 3 is 2.58 bits per heavy atom. The van der Waals surface area contributed by atoms with Gasteiger partial charge in [-0.2, -0.15) is 8.78 Å². The summed E-state index contributed by atoms with van der Waals surface area (Å²) in [7, 11) is 1.55. The Morgan fingerprint density at radius 2 is 2.00 bits per heavy atom. The van der Waals surface area contributed by atoms with Crippen LogP contribution in [-0.4, -0.2) is 19.9 Å². The predicted octanol–water partition coefficient (Wildman–Crippen LogP) is 4.44. The van der Waals surface area contributed by atoms with Gasteiger partial charge in [-0.1, -0.05) is 19.1 Å². The zero-order valence-electron chi connectivity index (χ0n) is 13.4. The molecule has 0 heterocycles. The van der Waals surface area contributed by atoms with E-state index in [0.717, 1.165) is 5.56 Å². The number of aryl methyl sites for hydroxylation is 1. The van der Waals surface area contributed by atoms with Crippen LogP contribution in [0.1, 0.15) is 18.1 Å². The van der Waals surface area contributed by atoms with Crippen LogP contribution in [-0.2, 0) is 17.6 Å². The molecule has 128 valence electrons. The van der Waals surface area contributed by atoms with Gasteiger partial charge in [0.15, 0.2) is 0 Å². The highest BCUT2D eigenvalue weighted by molar-refractivity contribution is 5.78. The third-order valence-corrected chi connectivity index (χ3v) is 3.72. The fraction of sp³-hybridized carbons (Fsp3) is 0.278. The van der Waals surface area contributed by atoms with Gasteiger partial charge in [-0.15, -0.1) is 0 Å². The Labute approximate surface area is 138 Å². The standard InChI is InChI=1S/C18H18F3NO2/c1-3-11-5-4-6-15(24-18(20)21)16(11)13-9-12(7-8-23)17(22-2)14(19)10-13/h4-6,8-10,18,22H,3,7H2,1-2H3. The fourth-order valence-electron chi connectivity index (χ4n) is 2.73. The molecular formula is C18H18F3NO2. The molecule has 2 rings (SSSR count). The Hall–Kier alpha value is -2.50. The van der Waals surface area contributed by atoms with Crippen molar-refractivity contribution in [2.75, 3.05) is 12.4 Å². The highest BCUT2D eigenvalue weighted by Crippen LogP contribution is 2.37. The molecule has 0 bridgehead atoms. The van der Waals surface area contributed by atoms with Crippen molar-refractivity contribution >= 4 is 12.0 Å². The van der Waals surface area contributed by atoms with E-state index in [-0.39, 0.29) is 17.9 Å². The van der Waals surface area contributed by atoms with E-state index < -0.39 is 12.4 Å². The molecule has 2 aromatic carbocycles. The molecule has 0 unspecified atom stereocenters. The number of aldehydes is 1. The summed E-state index contributed by atoms with van der Waals surface area (Å²) in [6.07, 6.45) is 1.25. The summed E-state index contributed by atoms with van der Waals surface area (Å²) in [6, 6.07) is 7.69. The van der Waals surface area contributed by atoms with E-state index in [1.165, 1.54) is 12.1 Å². The largest absolute Gasteiger partial charge is 0.434 e. The van der Waals surface area contributed by atoms with E-state index >= 15 is 0 Å². The first-order valence-corrected chi connectivity index (χ1v) is 7.52. The van der Waals surface area contributed by atoms with Gasteiger partial charge in [0.05, 0.1) is 5.69 Å². The third kappa shape index (κ3) is 3.69. The second-order valence-electron chi connectivity index (χ2n) is 5.14. The average molecular weight is 337 g/mol. The van der Waals surface area contributed by atoms with Crippen LogP contribution in [0.25, 0.3) is 11.1 Å². The van der Waals surface area contributed by atoms with Gasteiger partial charge in [-0.25, -0.2) is 4.39 Å². The lowest BCUT2D eigenvalue weighted by Crippen LogP contribution is -2.06. The molecule has 0 saturated carbocycles. The number of hydrogen-bond donors (Lipinski definition) is 1. The predicted molar refractivity (Wildman–Crippen MR) is 87.2 cm³/mol. The molecule has 1 N–H and O–H groups in total. The first-order valence-electron chi connectivity index (χ1n) is 7.52. The number of ether oxygens (including phenoxy) is 1. The lowest BCUT2D eigenvalue weighted by atomic mass is 9.94. The first kappa shape index (κ1) is 17.8. The summed E-state index contributed by atoms with van der Waals surface area (Å²) < 4.78 is 44.4. The second kappa shape index (κ2) is 7.86. The quantitative estimate of drug-likeness (QED) is 0.759. The number of alkyl halides is 2. The number of halogens is 3. The first-order chi connectivity index (χ1) is 11.5. The lowest BCUT2D eigenvalue weighted by Gasteiger charge is -2.17. The topological polar surface area (TPSA) is 38.3 Å². The van der Waals surface area contributed by atoms with Gasteiger partial charge in [0.25, 0.3) is 0 Å². The Kier molecular flexibility index (Phi) is 5.84. The van der Waals surface area contributed by atoms with Crippen LogP contribution in [0.2, 0.25) is 0 Å².